The van der Waals surface area contributed by atoms with Crippen LogP contribution in [0.5, 0.6) is 23.0 Å². The van der Waals surface area contributed by atoms with Gasteiger partial charge in [0.1, 0.15) is 28.8 Å². The smallest absolute Gasteiger partial charge is 0.347 e. The normalized spacial score (nSPS) is 12.4. The molecule has 1 heterocycles. The maximum Gasteiger partial charge on any atom is 0.347 e. The molecule has 0 saturated carbocycles. The van der Waals surface area contributed by atoms with Crippen LogP contribution >= 0.6 is 0 Å². The number of carbonyl (C=O) groups is 2. The van der Waals surface area contributed by atoms with Gasteiger partial charge in [0.2, 0.25) is 0 Å². The summed E-state index contributed by atoms with van der Waals surface area (Å²) in [6, 6.07) is 10.9. The average molecular weight is 709 g/mol. The second-order valence-corrected chi connectivity index (χ2v) is 7.22. The van der Waals surface area contributed by atoms with E-state index >= 15 is 0 Å². The molecule has 0 aliphatic carbocycles. The molecule has 11 heteroatoms. The summed E-state index contributed by atoms with van der Waals surface area (Å²) in [5.74, 6) is 1.54. The molecule has 0 bridgehead atoms. The molecule has 1 amide bonds. The summed E-state index contributed by atoms with van der Waals surface area (Å²) in [5, 5.41) is 1.18. The van der Waals surface area contributed by atoms with Crippen LogP contribution in [-0.2, 0) is 27.4 Å². The zero-order valence-electron chi connectivity index (χ0n) is 20.6. The van der Waals surface area contributed by atoms with E-state index in [1.165, 1.54) is 19.2 Å². The van der Waals surface area contributed by atoms with Crippen molar-refractivity contribution >= 4 is 11.9 Å². The molecule has 3 rings (SSSR count). The standard InChI is InChI=1S/C24H28N3O7.U/c1-25-27-22(21(23(27)28)24(29)34-6)26(13-15-7-9-17(30-2)11-19(15)32-4)14-16-8-10-18(31-3)12-20(16)33-5;/h7-12H,13-14H2,1-6H3;/q-1;. The number of carbonyl (C=O) groups excluding carboxylic acids is 2. The number of ether oxygens (including phenoxy) is 5. The van der Waals surface area contributed by atoms with Crippen molar-refractivity contribution in [3.05, 3.63) is 64.3 Å². The van der Waals surface area contributed by atoms with E-state index in [0.29, 0.717) is 28.8 Å². The van der Waals surface area contributed by atoms with Crippen molar-refractivity contribution < 1.29 is 64.4 Å². The zero-order valence-corrected chi connectivity index (χ0v) is 24.7. The van der Waals surface area contributed by atoms with Crippen molar-refractivity contribution in [2.45, 2.75) is 13.1 Å². The molecule has 186 valence electrons. The van der Waals surface area contributed by atoms with E-state index in [1.54, 1.807) is 40.6 Å². The third-order valence-electron chi connectivity index (χ3n) is 5.43. The summed E-state index contributed by atoms with van der Waals surface area (Å²) in [6.45, 7) is 0.578. The van der Waals surface area contributed by atoms with Crippen LogP contribution in [0.1, 0.15) is 11.1 Å². The molecule has 0 aromatic heterocycles. The first-order valence-corrected chi connectivity index (χ1v) is 10.4. The molecular weight excluding hydrogens is 680 g/mol. The van der Waals surface area contributed by atoms with E-state index in [1.807, 2.05) is 29.2 Å². The van der Waals surface area contributed by atoms with E-state index < -0.39 is 11.9 Å². The molecule has 0 unspecified atom stereocenters. The SMILES string of the molecule is C[N-]N1C(=O)C(C(=O)OC)=C1N(Cc1ccc(OC)cc1OC)Cc1ccc(OC)cc1OC.[U]. The summed E-state index contributed by atoms with van der Waals surface area (Å²) < 4.78 is 26.6. The van der Waals surface area contributed by atoms with Crippen LogP contribution in [0, 0.1) is 31.1 Å². The molecule has 1 aliphatic rings. The zero-order chi connectivity index (χ0) is 24.8. The molecular formula is C24H28N3O7U-. The van der Waals surface area contributed by atoms with Gasteiger partial charge in [0.15, 0.2) is 5.57 Å². The van der Waals surface area contributed by atoms with Gasteiger partial charge in [-0.15, -0.1) is 7.05 Å². The predicted octanol–water partition coefficient (Wildman–Crippen LogP) is 2.87. The Bertz CT molecular complexity index is 1050. The minimum Gasteiger partial charge on any atom is -0.562 e. The number of hydrogen-bond acceptors (Lipinski definition) is 8. The molecule has 2 aromatic carbocycles. The third kappa shape index (κ3) is 5.86. The van der Waals surface area contributed by atoms with Crippen LogP contribution < -0.4 is 18.9 Å². The van der Waals surface area contributed by atoms with Gasteiger partial charge in [0.05, 0.1) is 35.5 Å². The van der Waals surface area contributed by atoms with Crippen LogP contribution in [0.2, 0.25) is 0 Å². The van der Waals surface area contributed by atoms with E-state index in [9.17, 15) is 9.59 Å². The number of nitrogens with zero attached hydrogens (tertiary/aromatic N) is 3. The number of methoxy groups -OCH3 is 5. The fourth-order valence-electron chi connectivity index (χ4n) is 3.69. The number of benzene rings is 2. The summed E-state index contributed by atoms with van der Waals surface area (Å²) in [6.07, 6.45) is 0. The van der Waals surface area contributed by atoms with Gasteiger partial charge in [0, 0.05) is 67.5 Å². The van der Waals surface area contributed by atoms with Gasteiger partial charge in [-0.25, -0.2) is 4.79 Å². The fraction of sp³-hybridized carbons (Fsp3) is 0.333. The van der Waals surface area contributed by atoms with Crippen molar-refractivity contribution in [1.29, 1.82) is 0 Å². The van der Waals surface area contributed by atoms with E-state index in [0.717, 1.165) is 11.1 Å². The van der Waals surface area contributed by atoms with E-state index in [4.69, 9.17) is 23.7 Å². The number of rotatable bonds is 11. The van der Waals surface area contributed by atoms with Crippen molar-refractivity contribution in [2.24, 2.45) is 0 Å². The first-order chi connectivity index (χ1) is 16.4. The Hall–Kier alpha value is -2.87. The van der Waals surface area contributed by atoms with Gasteiger partial charge in [-0.1, -0.05) is 0 Å². The molecule has 0 fully saturated rings. The molecule has 35 heavy (non-hydrogen) atoms. The Morgan fingerprint density at radius 1 is 0.857 bits per heavy atom. The molecule has 0 saturated heterocycles. The first kappa shape index (κ1) is 28.4. The van der Waals surface area contributed by atoms with Gasteiger partial charge in [-0.05, 0) is 24.3 Å². The molecule has 0 N–H and O–H groups in total. The van der Waals surface area contributed by atoms with Crippen molar-refractivity contribution in [2.75, 3.05) is 42.6 Å². The van der Waals surface area contributed by atoms with Gasteiger partial charge in [0.25, 0.3) is 5.91 Å². The van der Waals surface area contributed by atoms with Crippen LogP contribution in [0.3, 0.4) is 0 Å². The number of esters is 1. The first-order valence-electron chi connectivity index (χ1n) is 10.4. The number of hydrogen-bond donors (Lipinski definition) is 0. The monoisotopic (exact) mass is 708 g/mol. The summed E-state index contributed by atoms with van der Waals surface area (Å²) in [7, 11) is 8.99. The Kier molecular flexibility index (Phi) is 10.3. The minimum atomic E-state index is -0.728. The average Bonchev–Trinajstić information content (AvgIpc) is 2.87. The van der Waals surface area contributed by atoms with Gasteiger partial charge in [-0.2, -0.15) is 0 Å². The molecule has 0 radical (unpaired) electrons. The molecule has 2 aromatic rings. The molecule has 1 aliphatic heterocycles. The van der Waals surface area contributed by atoms with E-state index in [-0.39, 0.29) is 49.8 Å². The van der Waals surface area contributed by atoms with Gasteiger partial charge < -0.3 is 39.0 Å². The van der Waals surface area contributed by atoms with Crippen LogP contribution in [0.25, 0.3) is 5.43 Å². The largest absolute Gasteiger partial charge is 0.562 e. The predicted molar refractivity (Wildman–Crippen MR) is 124 cm³/mol. The fourth-order valence-corrected chi connectivity index (χ4v) is 3.69. The molecule has 10 nitrogen and oxygen atoms in total. The van der Waals surface area contributed by atoms with Crippen LogP contribution in [0.4, 0.5) is 0 Å². The number of amides is 1. The van der Waals surface area contributed by atoms with Crippen molar-refractivity contribution in [3.63, 3.8) is 0 Å². The Balaban J connectivity index is 0.00000432. The van der Waals surface area contributed by atoms with Gasteiger partial charge in [-0.3, -0.25) is 4.79 Å². The van der Waals surface area contributed by atoms with Gasteiger partial charge >= 0.3 is 5.97 Å². The summed E-state index contributed by atoms with van der Waals surface area (Å²) >= 11 is 0. The minimum absolute atomic E-state index is 0. The van der Waals surface area contributed by atoms with Crippen LogP contribution in [0.15, 0.2) is 47.8 Å². The Labute approximate surface area is 228 Å². The second-order valence-electron chi connectivity index (χ2n) is 7.22. The van der Waals surface area contributed by atoms with Crippen molar-refractivity contribution in [3.8, 4) is 23.0 Å². The molecule has 0 atom stereocenters. The van der Waals surface area contributed by atoms with Crippen LogP contribution in [-0.4, -0.2) is 64.4 Å². The third-order valence-corrected chi connectivity index (χ3v) is 5.43. The van der Waals surface area contributed by atoms with E-state index in [2.05, 4.69) is 5.43 Å². The maximum atomic E-state index is 12.6. The molecule has 0 spiro atoms. The quantitative estimate of drug-likeness (QED) is 0.260. The Morgan fingerprint density at radius 3 is 1.71 bits per heavy atom. The summed E-state index contributed by atoms with van der Waals surface area (Å²) in [5.41, 5.74) is 5.58. The Morgan fingerprint density at radius 2 is 1.34 bits per heavy atom. The summed E-state index contributed by atoms with van der Waals surface area (Å²) in [4.78, 5) is 26.9. The maximum absolute atomic E-state index is 12.6. The topological polar surface area (TPSA) is 101 Å². The van der Waals surface area contributed by atoms with Crippen molar-refractivity contribution in [1.82, 2.24) is 9.91 Å². The second kappa shape index (κ2) is 12.7.